The molecule has 0 bridgehead atoms. The first-order chi connectivity index (χ1) is 15.5. The van der Waals surface area contributed by atoms with Crippen molar-refractivity contribution in [3.63, 3.8) is 0 Å². The topological polar surface area (TPSA) is 105 Å². The van der Waals surface area contributed by atoms with Crippen LogP contribution in [0.2, 0.25) is 0 Å². The fraction of sp³-hybridized carbons (Fsp3) is 0.400. The van der Waals surface area contributed by atoms with Crippen LogP contribution in [0.15, 0.2) is 48.5 Å². The maximum absolute atomic E-state index is 12.7. The predicted octanol–water partition coefficient (Wildman–Crippen LogP) is 3.43. The SMILES string of the molecule is O=C(O)CC(NC(=O)OCC1c2ccccc2-c2ccccc21)C(=O)N[C@@]12CCC[C@@H]1C2. The first-order valence-electron chi connectivity index (χ1n) is 11.1. The number of carboxylic acids is 1. The molecule has 0 aliphatic heterocycles. The molecule has 0 heterocycles. The summed E-state index contributed by atoms with van der Waals surface area (Å²) in [7, 11) is 0. The molecular formula is C25H26N2O5. The molecule has 3 atom stereocenters. The summed E-state index contributed by atoms with van der Waals surface area (Å²) in [4.78, 5) is 36.6. The van der Waals surface area contributed by atoms with Crippen LogP contribution in [0.25, 0.3) is 11.1 Å². The number of carbonyl (C=O) groups is 3. The van der Waals surface area contributed by atoms with Gasteiger partial charge in [-0.2, -0.15) is 0 Å². The maximum Gasteiger partial charge on any atom is 0.407 e. The summed E-state index contributed by atoms with van der Waals surface area (Å²) in [6.45, 7) is 0.104. The molecule has 0 aromatic heterocycles. The van der Waals surface area contributed by atoms with Crippen LogP contribution in [0, 0.1) is 5.92 Å². The Morgan fingerprint density at radius 2 is 1.72 bits per heavy atom. The number of nitrogens with one attached hydrogen (secondary N) is 2. The number of amides is 2. The van der Waals surface area contributed by atoms with Gasteiger partial charge < -0.3 is 20.5 Å². The van der Waals surface area contributed by atoms with Gasteiger partial charge in [0.2, 0.25) is 5.91 Å². The van der Waals surface area contributed by atoms with Crippen molar-refractivity contribution < 1.29 is 24.2 Å². The predicted molar refractivity (Wildman–Crippen MR) is 117 cm³/mol. The Balaban J connectivity index is 1.24. The van der Waals surface area contributed by atoms with Crippen LogP contribution < -0.4 is 10.6 Å². The first kappa shape index (κ1) is 20.5. The number of aliphatic carboxylic acids is 1. The Morgan fingerprint density at radius 3 is 2.28 bits per heavy atom. The molecule has 2 fully saturated rings. The molecule has 7 heteroatoms. The van der Waals surface area contributed by atoms with Crippen molar-refractivity contribution in [2.45, 2.75) is 49.6 Å². The molecule has 0 saturated heterocycles. The lowest BCUT2D eigenvalue weighted by Crippen LogP contribution is -2.51. The Kier molecular flexibility index (Phi) is 5.12. The summed E-state index contributed by atoms with van der Waals surface area (Å²) in [6.07, 6.45) is 2.72. The Hall–Kier alpha value is -3.35. The van der Waals surface area contributed by atoms with Gasteiger partial charge in [0.1, 0.15) is 12.6 Å². The van der Waals surface area contributed by atoms with E-state index in [0.717, 1.165) is 47.9 Å². The lowest BCUT2D eigenvalue weighted by molar-refractivity contribution is -0.140. The lowest BCUT2D eigenvalue weighted by atomic mass is 9.98. The van der Waals surface area contributed by atoms with Crippen molar-refractivity contribution in [2.75, 3.05) is 6.61 Å². The lowest BCUT2D eigenvalue weighted by Gasteiger charge is -2.21. The van der Waals surface area contributed by atoms with Crippen molar-refractivity contribution in [3.05, 3.63) is 59.7 Å². The first-order valence-corrected chi connectivity index (χ1v) is 11.1. The molecule has 3 N–H and O–H groups in total. The molecule has 7 nitrogen and oxygen atoms in total. The van der Waals surface area contributed by atoms with E-state index in [1.165, 1.54) is 0 Å². The number of hydrogen-bond donors (Lipinski definition) is 3. The van der Waals surface area contributed by atoms with E-state index < -0.39 is 30.4 Å². The van der Waals surface area contributed by atoms with Gasteiger partial charge in [0, 0.05) is 11.5 Å². The van der Waals surface area contributed by atoms with Crippen LogP contribution in [0.4, 0.5) is 4.79 Å². The van der Waals surface area contributed by atoms with E-state index in [-0.39, 0.29) is 18.1 Å². The number of fused-ring (bicyclic) bond motifs is 4. The van der Waals surface area contributed by atoms with Crippen molar-refractivity contribution in [2.24, 2.45) is 5.92 Å². The fourth-order valence-corrected chi connectivity index (χ4v) is 5.44. The highest BCUT2D eigenvalue weighted by atomic mass is 16.5. The van der Waals surface area contributed by atoms with E-state index >= 15 is 0 Å². The summed E-state index contributed by atoms with van der Waals surface area (Å²) in [5.41, 5.74) is 4.21. The van der Waals surface area contributed by atoms with Gasteiger partial charge in [-0.15, -0.1) is 0 Å². The van der Waals surface area contributed by atoms with Crippen molar-refractivity contribution >= 4 is 18.0 Å². The van der Waals surface area contributed by atoms with Crippen LogP contribution in [0.3, 0.4) is 0 Å². The van der Waals surface area contributed by atoms with Gasteiger partial charge in [-0.05, 0) is 47.4 Å². The Bertz CT molecular complexity index is 1040. The molecule has 2 aromatic rings. The van der Waals surface area contributed by atoms with Gasteiger partial charge in [0.15, 0.2) is 0 Å². The molecule has 2 saturated carbocycles. The van der Waals surface area contributed by atoms with Crippen LogP contribution in [-0.2, 0) is 14.3 Å². The number of rotatable bonds is 7. The van der Waals surface area contributed by atoms with Crippen molar-refractivity contribution in [1.29, 1.82) is 0 Å². The highest BCUT2D eigenvalue weighted by Crippen LogP contribution is 2.55. The zero-order chi connectivity index (χ0) is 22.3. The summed E-state index contributed by atoms with van der Waals surface area (Å²) in [6, 6.07) is 14.9. The van der Waals surface area contributed by atoms with E-state index in [1.54, 1.807) is 0 Å². The zero-order valence-corrected chi connectivity index (χ0v) is 17.7. The third-order valence-electron chi connectivity index (χ3n) is 7.11. The minimum atomic E-state index is -1.17. The fourth-order valence-electron chi connectivity index (χ4n) is 5.44. The third-order valence-corrected chi connectivity index (χ3v) is 7.11. The standard InChI is InChI=1S/C25H26N2O5/c28-22(29)12-21(23(30)27-25-11-5-6-15(25)13-25)26-24(31)32-14-20-18-9-3-1-7-16(18)17-8-2-4-10-19(17)20/h1-4,7-10,15,20-21H,5-6,11-14H2,(H,26,31)(H,27,30)(H,28,29)/t15-,21?,25-/m1/s1. The van der Waals surface area contributed by atoms with Crippen LogP contribution in [0.1, 0.15) is 49.1 Å². The van der Waals surface area contributed by atoms with Gasteiger partial charge in [-0.25, -0.2) is 4.79 Å². The van der Waals surface area contributed by atoms with E-state index in [9.17, 15) is 19.5 Å². The quantitative estimate of drug-likeness (QED) is 0.619. The van der Waals surface area contributed by atoms with Gasteiger partial charge in [-0.3, -0.25) is 9.59 Å². The molecule has 3 aliphatic carbocycles. The number of carbonyl (C=O) groups excluding carboxylic acids is 2. The molecule has 0 radical (unpaired) electrons. The summed E-state index contributed by atoms with van der Waals surface area (Å²) < 4.78 is 5.48. The van der Waals surface area contributed by atoms with Crippen LogP contribution in [-0.4, -0.2) is 41.3 Å². The molecule has 0 spiro atoms. The van der Waals surface area contributed by atoms with E-state index in [2.05, 4.69) is 22.8 Å². The normalized spacial score (nSPS) is 23.4. The van der Waals surface area contributed by atoms with Crippen molar-refractivity contribution in [1.82, 2.24) is 10.6 Å². The number of alkyl carbamates (subject to hydrolysis) is 1. The minimum absolute atomic E-state index is 0.104. The molecule has 3 aliphatic rings. The van der Waals surface area contributed by atoms with E-state index in [1.807, 2.05) is 36.4 Å². The van der Waals surface area contributed by atoms with Gasteiger partial charge >= 0.3 is 12.1 Å². The van der Waals surface area contributed by atoms with Gasteiger partial charge in [0.05, 0.1) is 6.42 Å². The van der Waals surface area contributed by atoms with E-state index in [0.29, 0.717) is 5.92 Å². The summed E-state index contributed by atoms with van der Waals surface area (Å²) in [5.74, 6) is -1.23. The minimum Gasteiger partial charge on any atom is -0.481 e. The molecule has 166 valence electrons. The highest BCUT2D eigenvalue weighted by molar-refractivity contribution is 5.90. The second kappa shape index (κ2) is 7.97. The van der Waals surface area contributed by atoms with Gasteiger partial charge in [0.25, 0.3) is 0 Å². The highest BCUT2D eigenvalue weighted by Gasteiger charge is 2.58. The molecule has 2 aromatic carbocycles. The van der Waals surface area contributed by atoms with Crippen molar-refractivity contribution in [3.8, 4) is 11.1 Å². The summed E-state index contributed by atoms with van der Waals surface area (Å²) >= 11 is 0. The number of carboxylic acid groups (broad SMARTS) is 1. The smallest absolute Gasteiger partial charge is 0.407 e. The van der Waals surface area contributed by atoms with Gasteiger partial charge in [-0.1, -0.05) is 55.0 Å². The molecule has 2 amide bonds. The molecular weight excluding hydrogens is 408 g/mol. The summed E-state index contributed by atoms with van der Waals surface area (Å²) in [5, 5.41) is 14.7. The second-order valence-corrected chi connectivity index (χ2v) is 9.06. The monoisotopic (exact) mass is 434 g/mol. The number of hydrogen-bond acceptors (Lipinski definition) is 4. The number of ether oxygens (including phenoxy) is 1. The largest absolute Gasteiger partial charge is 0.481 e. The molecule has 1 unspecified atom stereocenters. The third kappa shape index (κ3) is 3.72. The van der Waals surface area contributed by atoms with Crippen LogP contribution in [0.5, 0.6) is 0 Å². The molecule has 32 heavy (non-hydrogen) atoms. The Morgan fingerprint density at radius 1 is 1.06 bits per heavy atom. The maximum atomic E-state index is 12.7. The molecule has 5 rings (SSSR count). The zero-order valence-electron chi connectivity index (χ0n) is 17.7. The average molecular weight is 434 g/mol. The number of benzene rings is 2. The Labute approximate surface area is 186 Å². The van der Waals surface area contributed by atoms with E-state index in [4.69, 9.17) is 4.74 Å². The van der Waals surface area contributed by atoms with Crippen LogP contribution >= 0.6 is 0 Å². The second-order valence-electron chi connectivity index (χ2n) is 9.06. The average Bonchev–Trinajstić information content (AvgIpc) is 3.15.